The highest BCUT2D eigenvalue weighted by Gasteiger charge is 2.24. The van der Waals surface area contributed by atoms with Gasteiger partial charge in [0.2, 0.25) is 15.7 Å². The topological polar surface area (TPSA) is 77.4 Å². The number of alkyl halides is 2. The molecule has 1 amide bonds. The Bertz CT molecular complexity index is 1400. The first-order valence-electron chi connectivity index (χ1n) is 9.67. The minimum Gasteiger partial charge on any atom is -0.435 e. The van der Waals surface area contributed by atoms with Gasteiger partial charge in [-0.15, -0.1) is 0 Å². The molecule has 0 bridgehead atoms. The maximum atomic E-state index is 13.2. The van der Waals surface area contributed by atoms with Crippen molar-refractivity contribution in [3.63, 3.8) is 0 Å². The Morgan fingerprint density at radius 3 is 2.33 bits per heavy atom. The minimum absolute atomic E-state index is 0.0311. The molecule has 6 nitrogen and oxygen atoms in total. The summed E-state index contributed by atoms with van der Waals surface area (Å²) in [5.74, 6) is -0.454. The fourth-order valence-electron chi connectivity index (χ4n) is 3.37. The van der Waals surface area contributed by atoms with E-state index in [4.69, 9.17) is 11.6 Å². The summed E-state index contributed by atoms with van der Waals surface area (Å²) in [5.41, 5.74) is 0.952. The molecule has 0 atom stereocenters. The van der Waals surface area contributed by atoms with Gasteiger partial charge in [-0.2, -0.15) is 8.78 Å². The minimum atomic E-state index is -3.86. The number of para-hydroxylation sites is 1. The molecule has 0 aliphatic heterocycles. The van der Waals surface area contributed by atoms with Crippen molar-refractivity contribution in [1.82, 2.24) is 4.57 Å². The van der Waals surface area contributed by atoms with E-state index in [-0.39, 0.29) is 22.1 Å². The molecule has 0 unspecified atom stereocenters. The summed E-state index contributed by atoms with van der Waals surface area (Å²) >= 11 is 5.88. The van der Waals surface area contributed by atoms with E-state index in [0.717, 1.165) is 0 Å². The lowest BCUT2D eigenvalue weighted by atomic mass is 10.2. The second-order valence-corrected chi connectivity index (χ2v) is 9.40. The molecule has 33 heavy (non-hydrogen) atoms. The van der Waals surface area contributed by atoms with Crippen molar-refractivity contribution in [3.05, 3.63) is 84.0 Å². The van der Waals surface area contributed by atoms with Crippen LogP contribution in [0.5, 0.6) is 5.75 Å². The van der Waals surface area contributed by atoms with Crippen LogP contribution in [0.3, 0.4) is 0 Å². The zero-order chi connectivity index (χ0) is 23.6. The fraction of sp³-hybridized carbons (Fsp3) is 0.0870. The summed E-state index contributed by atoms with van der Waals surface area (Å²) in [6.07, 6.45) is 1.42. The molecule has 4 rings (SSSR count). The molecule has 170 valence electrons. The number of aromatic nitrogens is 1. The summed E-state index contributed by atoms with van der Waals surface area (Å²) in [6.45, 7) is -3.10. The number of carbonyl (C=O) groups is 1. The molecule has 1 aromatic heterocycles. The Labute approximate surface area is 193 Å². The Kier molecular flexibility index (Phi) is 6.35. The molecule has 0 saturated carbocycles. The van der Waals surface area contributed by atoms with E-state index >= 15 is 0 Å². The van der Waals surface area contributed by atoms with Gasteiger partial charge in [-0.05, 0) is 54.6 Å². The maximum absolute atomic E-state index is 13.2. The number of sulfone groups is 1. The highest BCUT2D eigenvalue weighted by atomic mass is 35.5. The van der Waals surface area contributed by atoms with Crippen LogP contribution in [0.25, 0.3) is 10.9 Å². The predicted molar refractivity (Wildman–Crippen MR) is 121 cm³/mol. The van der Waals surface area contributed by atoms with E-state index in [1.54, 1.807) is 28.8 Å². The predicted octanol–water partition coefficient (Wildman–Crippen LogP) is 5.37. The van der Waals surface area contributed by atoms with Gasteiger partial charge < -0.3 is 14.6 Å². The van der Waals surface area contributed by atoms with Crippen LogP contribution in [0.4, 0.5) is 14.5 Å². The van der Waals surface area contributed by atoms with E-state index in [2.05, 4.69) is 10.1 Å². The number of hydrogen-bond acceptors (Lipinski definition) is 4. The van der Waals surface area contributed by atoms with Crippen molar-refractivity contribution >= 4 is 43.9 Å². The lowest BCUT2D eigenvalue weighted by Gasteiger charge is -2.09. The maximum Gasteiger partial charge on any atom is 0.387 e. The number of nitrogens with one attached hydrogen (secondary N) is 1. The van der Waals surface area contributed by atoms with E-state index in [0.29, 0.717) is 21.6 Å². The zero-order valence-corrected chi connectivity index (χ0v) is 18.5. The summed E-state index contributed by atoms with van der Waals surface area (Å²) in [6, 6.07) is 18.2. The Morgan fingerprint density at radius 1 is 1.00 bits per heavy atom. The number of fused-ring (bicyclic) bond motifs is 1. The monoisotopic (exact) mass is 490 g/mol. The molecule has 0 fully saturated rings. The molecule has 0 aliphatic rings. The van der Waals surface area contributed by atoms with Crippen molar-refractivity contribution in [3.8, 4) is 5.75 Å². The van der Waals surface area contributed by atoms with E-state index in [9.17, 15) is 22.0 Å². The summed E-state index contributed by atoms with van der Waals surface area (Å²) in [7, 11) is -3.86. The van der Waals surface area contributed by atoms with E-state index < -0.39 is 22.4 Å². The lowest BCUT2D eigenvalue weighted by molar-refractivity contribution is -0.116. The van der Waals surface area contributed by atoms with Gasteiger partial charge in [0.05, 0.1) is 9.79 Å². The average Bonchev–Trinajstić information content (AvgIpc) is 3.14. The van der Waals surface area contributed by atoms with Gasteiger partial charge in [-0.25, -0.2) is 8.42 Å². The zero-order valence-electron chi connectivity index (χ0n) is 16.9. The molecular weight excluding hydrogens is 474 g/mol. The standard InChI is InChI=1S/C23H17ClF2N2O4S/c24-15-5-11-18(12-6-15)33(30,31)21-13-28(20-4-2-1-3-19(20)21)14-22(29)27-16-7-9-17(10-8-16)32-23(25)26/h1-13,23H,14H2,(H,27,29). The van der Waals surface area contributed by atoms with Gasteiger partial charge in [0.1, 0.15) is 12.3 Å². The average molecular weight is 491 g/mol. The van der Waals surface area contributed by atoms with Gasteiger partial charge in [0.25, 0.3) is 0 Å². The van der Waals surface area contributed by atoms with Crippen LogP contribution < -0.4 is 10.1 Å². The number of carbonyl (C=O) groups excluding carboxylic acids is 1. The largest absolute Gasteiger partial charge is 0.435 e. The first-order chi connectivity index (χ1) is 15.7. The number of ether oxygens (including phenoxy) is 1. The second kappa shape index (κ2) is 9.21. The highest BCUT2D eigenvalue weighted by molar-refractivity contribution is 7.91. The third-order valence-electron chi connectivity index (χ3n) is 4.84. The van der Waals surface area contributed by atoms with Crippen molar-refractivity contribution in [2.45, 2.75) is 22.9 Å². The Hall–Kier alpha value is -3.43. The lowest BCUT2D eigenvalue weighted by Crippen LogP contribution is -2.18. The Morgan fingerprint density at radius 2 is 1.67 bits per heavy atom. The third kappa shape index (κ3) is 4.99. The Balaban J connectivity index is 1.60. The molecule has 10 heteroatoms. The quantitative estimate of drug-likeness (QED) is 0.378. The fourth-order valence-corrected chi connectivity index (χ4v) is 4.98. The van der Waals surface area contributed by atoms with Gasteiger partial charge in [0.15, 0.2) is 0 Å². The van der Waals surface area contributed by atoms with Crippen LogP contribution in [0.15, 0.2) is 88.8 Å². The summed E-state index contributed by atoms with van der Waals surface area (Å²) in [4.78, 5) is 12.8. The smallest absolute Gasteiger partial charge is 0.387 e. The number of halogens is 3. The molecule has 1 heterocycles. The highest BCUT2D eigenvalue weighted by Crippen LogP contribution is 2.31. The van der Waals surface area contributed by atoms with Crippen molar-refractivity contribution in [2.75, 3.05) is 5.32 Å². The second-order valence-electron chi connectivity index (χ2n) is 7.05. The van der Waals surface area contributed by atoms with E-state index in [1.807, 2.05) is 0 Å². The van der Waals surface area contributed by atoms with Gasteiger partial charge in [-0.1, -0.05) is 29.8 Å². The molecule has 0 aliphatic carbocycles. The van der Waals surface area contributed by atoms with Gasteiger partial charge >= 0.3 is 6.61 Å². The third-order valence-corrected chi connectivity index (χ3v) is 6.89. The number of hydrogen-bond donors (Lipinski definition) is 1. The van der Waals surface area contributed by atoms with Crippen molar-refractivity contribution in [2.24, 2.45) is 0 Å². The molecule has 4 aromatic rings. The molecule has 0 spiro atoms. The first kappa shape index (κ1) is 22.8. The number of benzene rings is 3. The molecular formula is C23H17ClF2N2O4S. The van der Waals surface area contributed by atoms with Gasteiger partial charge in [0, 0.05) is 27.8 Å². The number of nitrogens with zero attached hydrogens (tertiary/aromatic N) is 1. The van der Waals surface area contributed by atoms with E-state index in [1.165, 1.54) is 54.7 Å². The first-order valence-corrected chi connectivity index (χ1v) is 11.5. The molecule has 3 aromatic carbocycles. The normalized spacial score (nSPS) is 11.6. The molecule has 1 N–H and O–H groups in total. The van der Waals surface area contributed by atoms with Crippen LogP contribution in [0, 0.1) is 0 Å². The summed E-state index contributed by atoms with van der Waals surface area (Å²) < 4.78 is 56.8. The number of amides is 1. The van der Waals surface area contributed by atoms with Crippen molar-refractivity contribution in [1.29, 1.82) is 0 Å². The number of anilines is 1. The van der Waals surface area contributed by atoms with Crippen molar-refractivity contribution < 1.29 is 26.7 Å². The van der Waals surface area contributed by atoms with Crippen LogP contribution in [-0.2, 0) is 21.2 Å². The van der Waals surface area contributed by atoms with Crippen LogP contribution in [0.2, 0.25) is 5.02 Å². The molecule has 0 saturated heterocycles. The van der Waals surface area contributed by atoms with Crippen LogP contribution in [0.1, 0.15) is 0 Å². The molecule has 0 radical (unpaired) electrons. The SMILES string of the molecule is O=C(Cn1cc(S(=O)(=O)c2ccc(Cl)cc2)c2ccccc21)Nc1ccc(OC(F)F)cc1. The summed E-state index contributed by atoms with van der Waals surface area (Å²) in [5, 5.41) is 3.55. The van der Waals surface area contributed by atoms with Gasteiger partial charge in [-0.3, -0.25) is 4.79 Å². The number of rotatable bonds is 7. The van der Waals surface area contributed by atoms with Crippen LogP contribution in [-0.4, -0.2) is 25.5 Å². The van der Waals surface area contributed by atoms with Crippen LogP contribution >= 0.6 is 11.6 Å².